The highest BCUT2D eigenvalue weighted by atomic mass is 127. The van der Waals surface area contributed by atoms with Crippen LogP contribution >= 0.6 is 50.3 Å². The van der Waals surface area contributed by atoms with Crippen molar-refractivity contribution >= 4 is 67.4 Å². The van der Waals surface area contributed by atoms with Gasteiger partial charge in [0.05, 0.1) is 15.6 Å². The van der Waals surface area contributed by atoms with E-state index in [2.05, 4.69) is 43.5 Å². The zero-order valence-electron chi connectivity index (χ0n) is 15.5. The molecule has 2 aromatic carbocycles. The molecule has 0 bridgehead atoms. The van der Waals surface area contributed by atoms with Crippen LogP contribution in [0.1, 0.15) is 11.1 Å². The van der Waals surface area contributed by atoms with Gasteiger partial charge in [0.2, 0.25) is 0 Å². The van der Waals surface area contributed by atoms with Crippen molar-refractivity contribution in [3.63, 3.8) is 0 Å². The van der Waals surface area contributed by atoms with E-state index in [4.69, 9.17) is 9.47 Å². The van der Waals surface area contributed by atoms with Gasteiger partial charge < -0.3 is 9.47 Å². The van der Waals surface area contributed by atoms with E-state index in [0.29, 0.717) is 28.2 Å². The van der Waals surface area contributed by atoms with Crippen LogP contribution in [-0.4, -0.2) is 37.2 Å². The molecule has 5 nitrogen and oxygen atoms in total. The van der Waals surface area contributed by atoms with E-state index in [0.717, 1.165) is 19.2 Å². The number of benzene rings is 2. The zero-order chi connectivity index (χ0) is 20.3. The molecule has 0 spiro atoms. The molecule has 1 fully saturated rings. The van der Waals surface area contributed by atoms with Crippen LogP contribution in [0.5, 0.6) is 11.5 Å². The summed E-state index contributed by atoms with van der Waals surface area (Å²) in [4.78, 5) is 18.7. The second-order valence-electron chi connectivity index (χ2n) is 5.93. The first-order chi connectivity index (χ1) is 13.4. The Kier molecular flexibility index (Phi) is 7.05. The third-order valence-electron chi connectivity index (χ3n) is 4.04. The molecule has 1 saturated heterocycles. The van der Waals surface area contributed by atoms with E-state index < -0.39 is 0 Å². The molecule has 1 aliphatic rings. The van der Waals surface area contributed by atoms with Gasteiger partial charge in [-0.25, -0.2) is 0 Å². The molecule has 0 unspecified atom stereocenters. The standard InChI is InChI=1S/C20H18BrIN2O3S/c1-23-20-24(2)19(25)17(28-20)10-13-8-15(22)18(16(9-13)26-3)27-11-12-4-6-14(21)7-5-12/h4-10H,11H2,1-3H3/b17-10+,23-20?. The minimum Gasteiger partial charge on any atom is -0.493 e. The lowest BCUT2D eigenvalue weighted by atomic mass is 10.1. The largest absolute Gasteiger partial charge is 0.493 e. The molecule has 3 rings (SSSR count). The Morgan fingerprint density at radius 1 is 1.29 bits per heavy atom. The number of methoxy groups -OCH3 is 1. The topological polar surface area (TPSA) is 51.1 Å². The van der Waals surface area contributed by atoms with E-state index in [-0.39, 0.29) is 5.91 Å². The summed E-state index contributed by atoms with van der Waals surface area (Å²) in [6.45, 7) is 0.440. The monoisotopic (exact) mass is 572 g/mol. The van der Waals surface area contributed by atoms with Gasteiger partial charge in [-0.1, -0.05) is 28.1 Å². The highest BCUT2D eigenvalue weighted by Gasteiger charge is 2.29. The van der Waals surface area contributed by atoms with Crippen molar-refractivity contribution in [3.05, 3.63) is 60.5 Å². The number of aliphatic imine (C=N–C) groups is 1. The molecule has 0 aliphatic carbocycles. The minimum absolute atomic E-state index is 0.0601. The van der Waals surface area contributed by atoms with Crippen LogP contribution in [0.3, 0.4) is 0 Å². The fourth-order valence-corrected chi connectivity index (χ4v) is 4.57. The summed E-state index contributed by atoms with van der Waals surface area (Å²) in [7, 11) is 5.01. The van der Waals surface area contributed by atoms with Crippen molar-refractivity contribution < 1.29 is 14.3 Å². The summed E-state index contributed by atoms with van der Waals surface area (Å²) >= 11 is 7.02. The average molecular weight is 573 g/mol. The van der Waals surface area contributed by atoms with E-state index >= 15 is 0 Å². The van der Waals surface area contributed by atoms with Crippen LogP contribution in [0.2, 0.25) is 0 Å². The quantitative estimate of drug-likeness (QED) is 0.366. The summed E-state index contributed by atoms with van der Waals surface area (Å²) in [6.07, 6.45) is 1.85. The van der Waals surface area contributed by atoms with Crippen molar-refractivity contribution in [1.82, 2.24) is 4.90 Å². The number of thioether (sulfide) groups is 1. The number of rotatable bonds is 5. The molecule has 0 N–H and O–H groups in total. The smallest absolute Gasteiger partial charge is 0.266 e. The number of nitrogens with zero attached hydrogens (tertiary/aromatic N) is 2. The van der Waals surface area contributed by atoms with Gasteiger partial charge in [0, 0.05) is 18.6 Å². The Balaban J connectivity index is 1.84. The summed E-state index contributed by atoms with van der Waals surface area (Å²) in [6, 6.07) is 11.8. The molecule has 1 amide bonds. The summed E-state index contributed by atoms with van der Waals surface area (Å²) in [5, 5.41) is 0.687. The summed E-state index contributed by atoms with van der Waals surface area (Å²) < 4.78 is 13.5. The van der Waals surface area contributed by atoms with Crippen LogP contribution in [0.15, 0.2) is 50.8 Å². The molecule has 8 heteroatoms. The third-order valence-corrected chi connectivity index (χ3v) is 6.52. The number of likely N-dealkylation sites (N-methyl/N-ethyl adjacent to an activating group) is 1. The Morgan fingerprint density at radius 3 is 2.61 bits per heavy atom. The second-order valence-corrected chi connectivity index (χ2v) is 9.02. The van der Waals surface area contributed by atoms with Crippen molar-refractivity contribution in [1.29, 1.82) is 0 Å². The molecule has 0 saturated carbocycles. The van der Waals surface area contributed by atoms with Crippen molar-refractivity contribution in [2.45, 2.75) is 6.61 Å². The molecular weight excluding hydrogens is 555 g/mol. The molecular formula is C20H18BrIN2O3S. The molecule has 28 heavy (non-hydrogen) atoms. The molecule has 2 aromatic rings. The molecule has 0 aromatic heterocycles. The Bertz CT molecular complexity index is 961. The van der Waals surface area contributed by atoms with Gasteiger partial charge in [0.1, 0.15) is 6.61 Å². The van der Waals surface area contributed by atoms with E-state index in [1.165, 1.54) is 11.8 Å². The average Bonchev–Trinajstić information content (AvgIpc) is 2.96. The number of amidine groups is 1. The molecule has 146 valence electrons. The summed E-state index contributed by atoms with van der Waals surface area (Å²) in [5.74, 6) is 1.26. The predicted molar refractivity (Wildman–Crippen MR) is 126 cm³/mol. The number of hydrogen-bond donors (Lipinski definition) is 0. The van der Waals surface area contributed by atoms with Crippen LogP contribution in [0.25, 0.3) is 6.08 Å². The lowest BCUT2D eigenvalue weighted by Gasteiger charge is -2.14. The zero-order valence-corrected chi connectivity index (χ0v) is 20.1. The van der Waals surface area contributed by atoms with Crippen LogP contribution in [-0.2, 0) is 11.4 Å². The van der Waals surface area contributed by atoms with Gasteiger partial charge in [0.15, 0.2) is 16.7 Å². The van der Waals surface area contributed by atoms with Gasteiger partial charge >= 0.3 is 0 Å². The first-order valence-electron chi connectivity index (χ1n) is 8.32. The normalized spacial score (nSPS) is 16.9. The van der Waals surface area contributed by atoms with E-state index in [1.807, 2.05) is 42.5 Å². The number of carbonyl (C=O) groups is 1. The second kappa shape index (κ2) is 9.32. The fourth-order valence-electron chi connectivity index (χ4n) is 2.60. The maximum atomic E-state index is 12.4. The van der Waals surface area contributed by atoms with Crippen LogP contribution in [0, 0.1) is 3.57 Å². The lowest BCUT2D eigenvalue weighted by Crippen LogP contribution is -2.23. The molecule has 0 radical (unpaired) electrons. The van der Waals surface area contributed by atoms with E-state index in [9.17, 15) is 4.79 Å². The van der Waals surface area contributed by atoms with Gasteiger partial charge in [-0.15, -0.1) is 0 Å². The predicted octanol–water partition coefficient (Wildman–Crippen LogP) is 5.17. The van der Waals surface area contributed by atoms with Crippen molar-refractivity contribution in [2.24, 2.45) is 4.99 Å². The fraction of sp³-hybridized carbons (Fsp3) is 0.200. The van der Waals surface area contributed by atoms with Crippen LogP contribution < -0.4 is 9.47 Å². The SMILES string of the molecule is CN=C1S/C(=C/c2cc(I)c(OCc3ccc(Br)cc3)c(OC)c2)C(=O)N1C. The van der Waals surface area contributed by atoms with Gasteiger partial charge in [0.25, 0.3) is 5.91 Å². The van der Waals surface area contributed by atoms with Crippen molar-refractivity contribution in [3.8, 4) is 11.5 Å². The highest BCUT2D eigenvalue weighted by Crippen LogP contribution is 2.37. The van der Waals surface area contributed by atoms with E-state index in [1.54, 1.807) is 26.1 Å². The number of ether oxygens (including phenoxy) is 2. The Morgan fingerprint density at radius 2 is 2.00 bits per heavy atom. The maximum Gasteiger partial charge on any atom is 0.266 e. The number of carbonyl (C=O) groups excluding carboxylic acids is 1. The van der Waals surface area contributed by atoms with Crippen LogP contribution in [0.4, 0.5) is 0 Å². The molecule has 1 heterocycles. The van der Waals surface area contributed by atoms with Gasteiger partial charge in [-0.3, -0.25) is 14.7 Å². The van der Waals surface area contributed by atoms with Crippen molar-refractivity contribution in [2.75, 3.05) is 21.2 Å². The number of halogens is 2. The molecule has 1 aliphatic heterocycles. The Hall–Kier alpha value is -1.52. The minimum atomic E-state index is -0.0601. The first-order valence-corrected chi connectivity index (χ1v) is 11.0. The first kappa shape index (κ1) is 21.2. The maximum absolute atomic E-state index is 12.4. The number of amides is 1. The van der Waals surface area contributed by atoms with Gasteiger partial charge in [-0.05, 0) is 75.8 Å². The Labute approximate surface area is 190 Å². The molecule has 0 atom stereocenters. The van der Waals surface area contributed by atoms with Gasteiger partial charge in [-0.2, -0.15) is 0 Å². The third kappa shape index (κ3) is 4.72. The number of hydrogen-bond acceptors (Lipinski definition) is 5. The summed E-state index contributed by atoms with van der Waals surface area (Å²) in [5.41, 5.74) is 1.94. The highest BCUT2D eigenvalue weighted by molar-refractivity contribution is 14.1. The lowest BCUT2D eigenvalue weighted by molar-refractivity contribution is -0.121.